The second kappa shape index (κ2) is 8.32. The third kappa shape index (κ3) is 3.70. The van der Waals surface area contributed by atoms with E-state index < -0.39 is 0 Å². The molecule has 5 rings (SSSR count). The summed E-state index contributed by atoms with van der Waals surface area (Å²) >= 11 is 1.61. The molecule has 154 valence electrons. The van der Waals surface area contributed by atoms with Crippen LogP contribution in [0, 0.1) is 0 Å². The van der Waals surface area contributed by atoms with Crippen LogP contribution in [0.15, 0.2) is 84.9 Å². The van der Waals surface area contributed by atoms with Crippen LogP contribution in [-0.4, -0.2) is 28.6 Å². The highest BCUT2D eigenvalue weighted by Gasteiger charge is 2.32. The van der Waals surface area contributed by atoms with Crippen LogP contribution in [0.3, 0.4) is 0 Å². The van der Waals surface area contributed by atoms with Gasteiger partial charge in [-0.2, -0.15) is 5.10 Å². The summed E-state index contributed by atoms with van der Waals surface area (Å²) in [5.74, 6) is 1.87. The Morgan fingerprint density at radius 2 is 1.65 bits per heavy atom. The molecule has 0 bridgehead atoms. The number of hydrogen-bond donors (Lipinski definition) is 1. The van der Waals surface area contributed by atoms with Crippen LogP contribution in [0.25, 0.3) is 16.9 Å². The molecule has 0 spiro atoms. The van der Waals surface area contributed by atoms with Gasteiger partial charge in [0.05, 0.1) is 29.5 Å². The number of nitrogens with one attached hydrogen (secondary N) is 1. The van der Waals surface area contributed by atoms with Crippen molar-refractivity contribution in [3.8, 4) is 22.7 Å². The summed E-state index contributed by atoms with van der Waals surface area (Å²) in [7, 11) is 1.66. The molecule has 3 aromatic carbocycles. The molecular formula is C25H21N3O2S. The van der Waals surface area contributed by atoms with E-state index in [2.05, 4.69) is 29.6 Å². The first-order valence-electron chi connectivity index (χ1n) is 10.0. The Morgan fingerprint density at radius 3 is 2.32 bits per heavy atom. The van der Waals surface area contributed by atoms with Gasteiger partial charge >= 0.3 is 0 Å². The molecule has 6 heteroatoms. The second-order valence-electron chi connectivity index (χ2n) is 7.24. The van der Waals surface area contributed by atoms with Gasteiger partial charge < -0.3 is 10.1 Å². The van der Waals surface area contributed by atoms with Gasteiger partial charge in [0, 0.05) is 11.1 Å². The molecule has 0 saturated heterocycles. The van der Waals surface area contributed by atoms with Crippen molar-refractivity contribution in [2.45, 2.75) is 5.25 Å². The van der Waals surface area contributed by atoms with Crippen LogP contribution < -0.4 is 10.1 Å². The number of anilines is 1. The Kier molecular flexibility index (Phi) is 5.22. The van der Waals surface area contributed by atoms with Crippen LogP contribution in [0.1, 0.15) is 16.4 Å². The number of methoxy groups -OCH3 is 1. The number of amides is 1. The molecule has 0 radical (unpaired) electrons. The van der Waals surface area contributed by atoms with Gasteiger partial charge in [-0.25, -0.2) is 4.68 Å². The van der Waals surface area contributed by atoms with Gasteiger partial charge in [0.1, 0.15) is 11.6 Å². The van der Waals surface area contributed by atoms with Crippen molar-refractivity contribution in [2.24, 2.45) is 0 Å². The monoisotopic (exact) mass is 427 g/mol. The highest BCUT2D eigenvalue weighted by Crippen LogP contribution is 2.46. The minimum absolute atomic E-state index is 0.0287. The Morgan fingerprint density at radius 1 is 0.968 bits per heavy atom. The van der Waals surface area contributed by atoms with E-state index in [1.807, 2.05) is 65.3 Å². The summed E-state index contributed by atoms with van der Waals surface area (Å²) in [6.45, 7) is 0. The first-order chi connectivity index (χ1) is 15.2. The zero-order valence-corrected chi connectivity index (χ0v) is 17.8. The van der Waals surface area contributed by atoms with Crippen LogP contribution in [0.2, 0.25) is 0 Å². The lowest BCUT2D eigenvalue weighted by Gasteiger charge is -2.16. The van der Waals surface area contributed by atoms with Gasteiger partial charge in [0.25, 0.3) is 0 Å². The minimum Gasteiger partial charge on any atom is -0.497 e. The molecule has 5 nitrogen and oxygen atoms in total. The van der Waals surface area contributed by atoms with E-state index in [1.54, 1.807) is 18.9 Å². The lowest BCUT2D eigenvalue weighted by molar-refractivity contribution is -0.113. The molecule has 1 atom stereocenters. The molecule has 1 aliphatic rings. The molecule has 1 aliphatic heterocycles. The smallest absolute Gasteiger partial charge is 0.235 e. The lowest BCUT2D eigenvalue weighted by atomic mass is 10.00. The number of benzene rings is 3. The fourth-order valence-electron chi connectivity index (χ4n) is 3.82. The third-order valence-corrected chi connectivity index (χ3v) is 6.56. The number of rotatable bonds is 4. The maximum Gasteiger partial charge on any atom is 0.235 e. The molecule has 1 aromatic heterocycles. The van der Waals surface area contributed by atoms with Crippen LogP contribution in [-0.2, 0) is 4.79 Å². The summed E-state index contributed by atoms with van der Waals surface area (Å²) in [5, 5.41) is 8.05. The number of carbonyl (C=O) groups is 1. The molecule has 1 amide bonds. The van der Waals surface area contributed by atoms with Crippen molar-refractivity contribution in [2.75, 3.05) is 18.2 Å². The van der Waals surface area contributed by atoms with Crippen molar-refractivity contribution in [3.63, 3.8) is 0 Å². The van der Waals surface area contributed by atoms with Crippen molar-refractivity contribution < 1.29 is 9.53 Å². The van der Waals surface area contributed by atoms with E-state index in [1.165, 1.54) is 0 Å². The Hall–Kier alpha value is -3.51. The van der Waals surface area contributed by atoms with E-state index in [0.717, 1.165) is 39.6 Å². The van der Waals surface area contributed by atoms with Crippen LogP contribution in [0.4, 0.5) is 5.82 Å². The zero-order chi connectivity index (χ0) is 21.2. The van der Waals surface area contributed by atoms with Gasteiger partial charge in [0.2, 0.25) is 5.91 Å². The summed E-state index contributed by atoms with van der Waals surface area (Å²) in [4.78, 5) is 12.7. The number of fused-ring (bicyclic) bond motifs is 1. The number of thioether (sulfide) groups is 1. The van der Waals surface area contributed by atoms with E-state index >= 15 is 0 Å². The van der Waals surface area contributed by atoms with Gasteiger partial charge in [0.15, 0.2) is 0 Å². The predicted molar refractivity (Wildman–Crippen MR) is 125 cm³/mol. The first-order valence-corrected chi connectivity index (χ1v) is 11.1. The fraction of sp³-hybridized carbons (Fsp3) is 0.120. The lowest BCUT2D eigenvalue weighted by Crippen LogP contribution is -2.15. The molecule has 0 unspecified atom stereocenters. The SMILES string of the molecule is COc1ccc([C@H]2SCC(=O)Nc3c2c(-c2ccccc2)nn3-c2ccccc2)cc1. The molecule has 31 heavy (non-hydrogen) atoms. The molecule has 2 heterocycles. The normalized spacial score (nSPS) is 15.6. The largest absolute Gasteiger partial charge is 0.497 e. The van der Waals surface area contributed by atoms with Crippen LogP contribution >= 0.6 is 11.8 Å². The van der Waals surface area contributed by atoms with Gasteiger partial charge in [-0.3, -0.25) is 4.79 Å². The highest BCUT2D eigenvalue weighted by molar-refractivity contribution is 8.00. The number of para-hydroxylation sites is 1. The average molecular weight is 428 g/mol. The summed E-state index contributed by atoms with van der Waals surface area (Å²) in [6, 6.07) is 28.1. The predicted octanol–water partition coefficient (Wildman–Crippen LogP) is 5.32. The number of nitrogens with zero attached hydrogens (tertiary/aromatic N) is 2. The molecule has 0 aliphatic carbocycles. The van der Waals surface area contributed by atoms with Crippen molar-refractivity contribution >= 4 is 23.5 Å². The molecule has 0 fully saturated rings. The van der Waals surface area contributed by atoms with Crippen LogP contribution in [0.5, 0.6) is 5.75 Å². The van der Waals surface area contributed by atoms with Gasteiger partial charge in [-0.15, -0.1) is 11.8 Å². The van der Waals surface area contributed by atoms with Gasteiger partial charge in [-0.1, -0.05) is 60.7 Å². The summed E-state index contributed by atoms with van der Waals surface area (Å²) in [6.07, 6.45) is 0. The number of hydrogen-bond acceptors (Lipinski definition) is 4. The zero-order valence-electron chi connectivity index (χ0n) is 17.0. The Bertz CT molecular complexity index is 1210. The molecular weight excluding hydrogens is 406 g/mol. The quantitative estimate of drug-likeness (QED) is 0.479. The summed E-state index contributed by atoms with van der Waals surface area (Å²) < 4.78 is 7.18. The van der Waals surface area contributed by atoms with Crippen molar-refractivity contribution in [3.05, 3.63) is 96.1 Å². The topological polar surface area (TPSA) is 56.1 Å². The van der Waals surface area contributed by atoms with Crippen molar-refractivity contribution in [1.29, 1.82) is 0 Å². The number of carbonyl (C=O) groups excluding carboxylic acids is 1. The number of aromatic nitrogens is 2. The molecule has 4 aromatic rings. The van der Waals surface area contributed by atoms with E-state index in [9.17, 15) is 4.79 Å². The Labute approximate surface area is 185 Å². The Balaban J connectivity index is 1.75. The van der Waals surface area contributed by atoms with E-state index in [0.29, 0.717) is 5.75 Å². The van der Waals surface area contributed by atoms with E-state index in [-0.39, 0.29) is 11.2 Å². The fourth-order valence-corrected chi connectivity index (χ4v) is 4.95. The summed E-state index contributed by atoms with van der Waals surface area (Å²) in [5.41, 5.74) is 4.91. The first kappa shape index (κ1) is 19.5. The maximum absolute atomic E-state index is 12.7. The standard InChI is InChI=1S/C25H21N3O2S/c1-30-20-14-12-18(13-15-20)24-22-23(17-8-4-2-5-9-17)27-28(19-10-6-3-7-11-19)25(22)26-21(29)16-31-24/h2-15,24H,16H2,1H3,(H,26,29)/t24-/m1/s1. The van der Waals surface area contributed by atoms with Crippen molar-refractivity contribution in [1.82, 2.24) is 9.78 Å². The van der Waals surface area contributed by atoms with Gasteiger partial charge in [-0.05, 0) is 29.8 Å². The minimum atomic E-state index is -0.0486. The van der Waals surface area contributed by atoms with E-state index in [4.69, 9.17) is 9.84 Å². The number of ether oxygens (including phenoxy) is 1. The maximum atomic E-state index is 12.7. The molecule has 1 N–H and O–H groups in total. The molecule has 0 saturated carbocycles. The average Bonchev–Trinajstić information content (AvgIpc) is 3.10. The highest BCUT2D eigenvalue weighted by atomic mass is 32.2. The second-order valence-corrected chi connectivity index (χ2v) is 8.33. The third-order valence-electron chi connectivity index (χ3n) is 5.29.